The Bertz CT molecular complexity index is 953. The molecule has 2 atom stereocenters. The van der Waals surface area contributed by atoms with Crippen LogP contribution in [0.15, 0.2) is 23.1 Å². The van der Waals surface area contributed by atoms with Crippen molar-refractivity contribution in [3.05, 3.63) is 40.5 Å². The van der Waals surface area contributed by atoms with Gasteiger partial charge < -0.3 is 0 Å². The third-order valence-corrected chi connectivity index (χ3v) is 8.74. The average Bonchev–Trinajstić information content (AvgIpc) is 2.84. The molecule has 1 aliphatic carbocycles. The minimum atomic E-state index is -3.66. The second-order valence-electron chi connectivity index (χ2n) is 8.27. The van der Waals surface area contributed by atoms with Gasteiger partial charge in [-0.1, -0.05) is 18.2 Å². The minimum absolute atomic E-state index is 0.139. The summed E-state index contributed by atoms with van der Waals surface area (Å²) in [5.74, 6) is -0.820. The number of allylic oxidation sites excluding steroid dienone is 2. The third-order valence-electron chi connectivity index (χ3n) is 6.63. The quantitative estimate of drug-likeness (QED) is 0.574. The second-order valence-corrected chi connectivity index (χ2v) is 10.1. The zero-order valence-electron chi connectivity index (χ0n) is 16.7. The van der Waals surface area contributed by atoms with Crippen molar-refractivity contribution in [2.75, 3.05) is 13.1 Å². The lowest BCUT2D eigenvalue weighted by molar-refractivity contribution is -0.145. The molecule has 0 bridgehead atoms. The van der Waals surface area contributed by atoms with E-state index in [9.17, 15) is 18.0 Å². The maximum Gasteiger partial charge on any atom is 0.243 e. The zero-order valence-corrected chi connectivity index (χ0v) is 17.5. The van der Waals surface area contributed by atoms with Gasteiger partial charge in [0.05, 0.1) is 22.8 Å². The number of hydrogen-bond donors (Lipinski definition) is 0. The zero-order chi connectivity index (χ0) is 20.4. The van der Waals surface area contributed by atoms with E-state index in [1.54, 1.807) is 0 Å². The van der Waals surface area contributed by atoms with Gasteiger partial charge >= 0.3 is 0 Å². The molecule has 150 valence electrons. The van der Waals surface area contributed by atoms with E-state index in [0.717, 1.165) is 22.3 Å². The molecule has 2 amide bonds. The number of carbonyl (C=O) groups is 2. The first kappa shape index (κ1) is 19.3. The first-order chi connectivity index (χ1) is 13.1. The van der Waals surface area contributed by atoms with Gasteiger partial charge in [0, 0.05) is 13.1 Å². The molecule has 7 heteroatoms. The molecule has 2 saturated heterocycles. The van der Waals surface area contributed by atoms with Crippen molar-refractivity contribution in [2.45, 2.75) is 51.5 Å². The fraction of sp³-hybridized carbons (Fsp3) is 0.524. The molecule has 1 aromatic carbocycles. The number of sulfonamides is 1. The lowest BCUT2D eigenvalue weighted by atomic mass is 9.85. The first-order valence-electron chi connectivity index (χ1n) is 9.74. The van der Waals surface area contributed by atoms with Crippen molar-refractivity contribution in [1.29, 1.82) is 0 Å². The number of fused-ring (bicyclic) bond motifs is 1. The van der Waals surface area contributed by atoms with Crippen LogP contribution in [0.25, 0.3) is 0 Å². The van der Waals surface area contributed by atoms with Crippen LogP contribution in [0.5, 0.6) is 0 Å². The molecule has 6 nitrogen and oxygen atoms in total. The molecular weight excluding hydrogens is 376 g/mol. The Balaban J connectivity index is 1.56. The highest BCUT2D eigenvalue weighted by Gasteiger charge is 2.53. The fourth-order valence-electron chi connectivity index (χ4n) is 4.66. The van der Waals surface area contributed by atoms with E-state index in [4.69, 9.17) is 0 Å². The van der Waals surface area contributed by atoms with Gasteiger partial charge in [0.2, 0.25) is 21.8 Å². The van der Waals surface area contributed by atoms with Crippen LogP contribution in [0.3, 0.4) is 0 Å². The second kappa shape index (κ2) is 6.52. The van der Waals surface area contributed by atoms with Gasteiger partial charge in [-0.05, 0) is 62.8 Å². The smallest absolute Gasteiger partial charge is 0.243 e. The highest BCUT2D eigenvalue weighted by atomic mass is 32.2. The monoisotopic (exact) mass is 402 g/mol. The lowest BCUT2D eigenvalue weighted by Gasteiger charge is -2.42. The summed E-state index contributed by atoms with van der Waals surface area (Å²) >= 11 is 0. The predicted octanol–water partition coefficient (Wildman–Crippen LogP) is 2.24. The molecule has 28 heavy (non-hydrogen) atoms. The van der Waals surface area contributed by atoms with Crippen LogP contribution in [0, 0.1) is 39.5 Å². The number of benzene rings is 1. The molecule has 0 spiro atoms. The maximum atomic E-state index is 13.3. The van der Waals surface area contributed by atoms with E-state index in [0.29, 0.717) is 17.7 Å². The summed E-state index contributed by atoms with van der Waals surface area (Å²) in [6.45, 7) is 7.85. The van der Waals surface area contributed by atoms with Gasteiger partial charge in [0.1, 0.15) is 0 Å². The summed E-state index contributed by atoms with van der Waals surface area (Å²) in [7, 11) is -3.66. The molecule has 0 N–H and O–H groups in total. The van der Waals surface area contributed by atoms with Crippen molar-refractivity contribution in [3.63, 3.8) is 0 Å². The molecule has 2 aliphatic heterocycles. The first-order valence-corrected chi connectivity index (χ1v) is 11.2. The van der Waals surface area contributed by atoms with E-state index in [-0.39, 0.29) is 42.8 Å². The number of nitrogens with zero attached hydrogens (tertiary/aromatic N) is 2. The Labute approximate surface area is 166 Å². The van der Waals surface area contributed by atoms with Crippen LogP contribution < -0.4 is 0 Å². The normalized spacial score (nSPS) is 25.9. The summed E-state index contributed by atoms with van der Waals surface area (Å²) < 4.78 is 27.9. The SMILES string of the molecule is Cc1cc(C)c(C)c(S(=O)(=O)N2CC(N3C(=O)C4CC=CCC4C3=O)C2)c1C. The third kappa shape index (κ3) is 2.67. The Morgan fingerprint density at radius 1 is 0.857 bits per heavy atom. The maximum absolute atomic E-state index is 13.3. The summed E-state index contributed by atoms with van der Waals surface area (Å²) in [6, 6.07) is 1.65. The molecule has 4 rings (SSSR count). The summed E-state index contributed by atoms with van der Waals surface area (Å²) in [6.07, 6.45) is 5.11. The molecule has 0 aromatic heterocycles. The average molecular weight is 403 g/mol. The molecule has 1 aromatic rings. The molecule has 0 saturated carbocycles. The molecule has 2 fully saturated rings. The van der Waals surface area contributed by atoms with Crippen LogP contribution in [-0.2, 0) is 19.6 Å². The largest absolute Gasteiger partial charge is 0.276 e. The van der Waals surface area contributed by atoms with Crippen molar-refractivity contribution in [2.24, 2.45) is 11.8 Å². The number of amides is 2. The van der Waals surface area contributed by atoms with E-state index >= 15 is 0 Å². The van der Waals surface area contributed by atoms with Crippen molar-refractivity contribution in [3.8, 4) is 0 Å². The van der Waals surface area contributed by atoms with Gasteiger partial charge in [0.15, 0.2) is 0 Å². The van der Waals surface area contributed by atoms with Gasteiger partial charge in [0.25, 0.3) is 0 Å². The Kier molecular flexibility index (Phi) is 4.50. The number of likely N-dealkylation sites (tertiary alicyclic amines) is 1. The predicted molar refractivity (Wildman–Crippen MR) is 105 cm³/mol. The summed E-state index contributed by atoms with van der Waals surface area (Å²) in [5.41, 5.74) is 3.41. The van der Waals surface area contributed by atoms with Gasteiger partial charge in [-0.25, -0.2) is 8.42 Å². The number of rotatable bonds is 3. The van der Waals surface area contributed by atoms with Crippen LogP contribution >= 0.6 is 0 Å². The molecule has 2 heterocycles. The van der Waals surface area contributed by atoms with Crippen LogP contribution in [0.2, 0.25) is 0 Å². The molecule has 2 unspecified atom stereocenters. The number of aryl methyl sites for hydroxylation is 2. The van der Waals surface area contributed by atoms with Crippen LogP contribution in [0.1, 0.15) is 35.1 Å². The van der Waals surface area contributed by atoms with E-state index in [1.807, 2.05) is 45.9 Å². The van der Waals surface area contributed by atoms with Gasteiger partial charge in [-0.15, -0.1) is 0 Å². The number of hydrogen-bond acceptors (Lipinski definition) is 4. The van der Waals surface area contributed by atoms with Crippen LogP contribution in [-0.4, -0.2) is 48.6 Å². The van der Waals surface area contributed by atoms with Gasteiger partial charge in [-0.2, -0.15) is 4.31 Å². The summed E-state index contributed by atoms with van der Waals surface area (Å²) in [4.78, 5) is 27.1. The van der Waals surface area contributed by atoms with Crippen molar-refractivity contribution in [1.82, 2.24) is 9.21 Å². The Morgan fingerprint density at radius 3 is 1.79 bits per heavy atom. The molecule has 0 radical (unpaired) electrons. The lowest BCUT2D eigenvalue weighted by Crippen LogP contribution is -2.62. The topological polar surface area (TPSA) is 74.8 Å². The highest BCUT2D eigenvalue weighted by molar-refractivity contribution is 7.89. The van der Waals surface area contributed by atoms with E-state index < -0.39 is 10.0 Å². The van der Waals surface area contributed by atoms with Crippen molar-refractivity contribution < 1.29 is 18.0 Å². The van der Waals surface area contributed by atoms with E-state index in [2.05, 4.69) is 0 Å². The van der Waals surface area contributed by atoms with Gasteiger partial charge in [-0.3, -0.25) is 14.5 Å². The molecular formula is C21H26N2O4S. The van der Waals surface area contributed by atoms with E-state index in [1.165, 1.54) is 9.21 Å². The highest BCUT2D eigenvalue weighted by Crippen LogP contribution is 2.39. The number of imide groups is 1. The summed E-state index contributed by atoms with van der Waals surface area (Å²) in [5, 5.41) is 0. The molecule has 3 aliphatic rings. The Hall–Kier alpha value is -1.99. The standard InChI is InChI=1S/C21H26N2O4S/c1-12-9-13(2)15(4)19(14(12)3)28(26,27)22-10-16(11-22)23-20(24)17-7-5-6-8-18(17)21(23)25/h5-6,9,16-18H,7-8,10-11H2,1-4H3. The van der Waals surface area contributed by atoms with Crippen molar-refractivity contribution >= 4 is 21.8 Å². The van der Waals surface area contributed by atoms with Crippen LogP contribution in [0.4, 0.5) is 0 Å². The Morgan fingerprint density at radius 2 is 1.32 bits per heavy atom. The number of carbonyl (C=O) groups excluding carboxylic acids is 2. The fourth-order valence-corrected chi connectivity index (χ4v) is 6.75. The minimum Gasteiger partial charge on any atom is -0.276 e.